The van der Waals surface area contributed by atoms with Crippen molar-refractivity contribution in [1.29, 1.82) is 0 Å². The van der Waals surface area contributed by atoms with E-state index in [2.05, 4.69) is 15.9 Å². The van der Waals surface area contributed by atoms with E-state index >= 15 is 0 Å². The maximum absolute atomic E-state index is 14.0. The minimum atomic E-state index is -0.888. The van der Waals surface area contributed by atoms with E-state index < -0.39 is 17.7 Å². The van der Waals surface area contributed by atoms with E-state index in [1.165, 1.54) is 7.11 Å². The third kappa shape index (κ3) is 2.77. The number of hydrogen-bond donors (Lipinski definition) is 1. The molecule has 0 aliphatic heterocycles. The average Bonchev–Trinajstić information content (AvgIpc) is 2.38. The number of methoxy groups -OCH3 is 1. The largest absolute Gasteiger partial charge is 0.497 e. The van der Waals surface area contributed by atoms with Crippen LogP contribution in [0, 0.1) is 11.6 Å². The van der Waals surface area contributed by atoms with E-state index in [1.807, 2.05) is 0 Å². The molecule has 1 unspecified atom stereocenters. The van der Waals surface area contributed by atoms with Gasteiger partial charge in [0.15, 0.2) is 0 Å². The predicted octanol–water partition coefficient (Wildman–Crippen LogP) is 3.78. The van der Waals surface area contributed by atoms with Crippen LogP contribution in [0.4, 0.5) is 8.78 Å². The van der Waals surface area contributed by atoms with Gasteiger partial charge in [-0.15, -0.1) is 0 Å². The first-order chi connectivity index (χ1) is 9.04. The van der Waals surface area contributed by atoms with Gasteiger partial charge in [-0.3, -0.25) is 0 Å². The van der Waals surface area contributed by atoms with E-state index in [-0.39, 0.29) is 11.3 Å². The Bertz CT molecular complexity index is 581. The second kappa shape index (κ2) is 5.67. The molecular formula is C14H12BrF2NO. The van der Waals surface area contributed by atoms with Crippen LogP contribution in [0.3, 0.4) is 0 Å². The van der Waals surface area contributed by atoms with Crippen molar-refractivity contribution >= 4 is 15.9 Å². The number of hydrogen-bond acceptors (Lipinski definition) is 2. The Balaban J connectivity index is 2.50. The van der Waals surface area contributed by atoms with Crippen LogP contribution < -0.4 is 10.5 Å². The van der Waals surface area contributed by atoms with Gasteiger partial charge in [0.05, 0.1) is 13.2 Å². The van der Waals surface area contributed by atoms with Gasteiger partial charge in [-0.05, 0) is 11.6 Å². The third-order valence-corrected chi connectivity index (χ3v) is 3.56. The summed E-state index contributed by atoms with van der Waals surface area (Å²) in [5.41, 5.74) is 6.40. The zero-order valence-corrected chi connectivity index (χ0v) is 11.7. The Labute approximate surface area is 118 Å². The first kappa shape index (κ1) is 14.0. The maximum atomic E-state index is 14.0. The fourth-order valence-corrected chi connectivity index (χ4v) is 2.39. The predicted molar refractivity (Wildman–Crippen MR) is 73.1 cm³/mol. The van der Waals surface area contributed by atoms with Crippen molar-refractivity contribution in [3.05, 3.63) is 63.6 Å². The van der Waals surface area contributed by atoms with Crippen LogP contribution in [0.1, 0.15) is 17.2 Å². The highest BCUT2D eigenvalue weighted by Gasteiger charge is 2.21. The van der Waals surface area contributed by atoms with Crippen molar-refractivity contribution in [3.63, 3.8) is 0 Å². The Morgan fingerprint density at radius 3 is 2.26 bits per heavy atom. The SMILES string of the molecule is COc1cc(F)c(C(N)c2ccccc2Br)c(F)c1. The lowest BCUT2D eigenvalue weighted by Gasteiger charge is -2.16. The Morgan fingerprint density at radius 2 is 1.74 bits per heavy atom. The average molecular weight is 328 g/mol. The van der Waals surface area contributed by atoms with Crippen molar-refractivity contribution in [2.45, 2.75) is 6.04 Å². The summed E-state index contributed by atoms with van der Waals surface area (Å²) in [6, 6.07) is 8.42. The number of rotatable bonds is 3. The Hall–Kier alpha value is -1.46. The van der Waals surface area contributed by atoms with E-state index in [4.69, 9.17) is 10.5 Å². The molecule has 2 aromatic rings. The van der Waals surface area contributed by atoms with Gasteiger partial charge in [0.2, 0.25) is 0 Å². The lowest BCUT2D eigenvalue weighted by molar-refractivity contribution is 0.404. The van der Waals surface area contributed by atoms with Crippen LogP contribution in [0.2, 0.25) is 0 Å². The highest BCUT2D eigenvalue weighted by molar-refractivity contribution is 9.10. The summed E-state index contributed by atoms with van der Waals surface area (Å²) < 4.78 is 33.4. The molecule has 0 spiro atoms. The van der Waals surface area contributed by atoms with Gasteiger partial charge in [-0.25, -0.2) is 8.78 Å². The topological polar surface area (TPSA) is 35.2 Å². The smallest absolute Gasteiger partial charge is 0.134 e. The van der Waals surface area contributed by atoms with Gasteiger partial charge in [0, 0.05) is 22.2 Å². The van der Waals surface area contributed by atoms with Crippen LogP contribution in [0.25, 0.3) is 0 Å². The molecule has 0 saturated heterocycles. The molecule has 2 rings (SSSR count). The van der Waals surface area contributed by atoms with E-state index in [0.29, 0.717) is 10.0 Å². The number of ether oxygens (including phenoxy) is 1. The molecule has 0 saturated carbocycles. The molecule has 0 aliphatic carbocycles. The lowest BCUT2D eigenvalue weighted by atomic mass is 9.98. The molecule has 2 N–H and O–H groups in total. The maximum Gasteiger partial charge on any atom is 0.134 e. The quantitative estimate of drug-likeness (QED) is 0.931. The highest BCUT2D eigenvalue weighted by Crippen LogP contribution is 2.31. The third-order valence-electron chi connectivity index (χ3n) is 2.84. The summed E-state index contributed by atoms with van der Waals surface area (Å²) >= 11 is 3.32. The molecule has 0 aromatic heterocycles. The fourth-order valence-electron chi connectivity index (χ4n) is 1.86. The van der Waals surface area contributed by atoms with Gasteiger partial charge in [-0.1, -0.05) is 34.1 Å². The first-order valence-corrected chi connectivity index (χ1v) is 6.37. The van der Waals surface area contributed by atoms with E-state index in [0.717, 1.165) is 12.1 Å². The molecule has 0 radical (unpaired) electrons. The number of halogens is 3. The van der Waals surface area contributed by atoms with Gasteiger partial charge in [0.1, 0.15) is 17.4 Å². The summed E-state index contributed by atoms with van der Waals surface area (Å²) in [4.78, 5) is 0. The summed E-state index contributed by atoms with van der Waals surface area (Å²) in [7, 11) is 1.35. The summed E-state index contributed by atoms with van der Waals surface area (Å²) in [6.07, 6.45) is 0. The molecular weight excluding hydrogens is 316 g/mol. The zero-order valence-electron chi connectivity index (χ0n) is 10.2. The van der Waals surface area contributed by atoms with Crippen molar-refractivity contribution in [1.82, 2.24) is 0 Å². The first-order valence-electron chi connectivity index (χ1n) is 5.57. The minimum Gasteiger partial charge on any atom is -0.497 e. The highest BCUT2D eigenvalue weighted by atomic mass is 79.9. The fraction of sp³-hybridized carbons (Fsp3) is 0.143. The molecule has 0 aliphatic rings. The Kier molecular flexibility index (Phi) is 4.17. The van der Waals surface area contributed by atoms with Gasteiger partial charge in [0.25, 0.3) is 0 Å². The molecule has 0 fully saturated rings. The molecule has 0 heterocycles. The number of benzene rings is 2. The molecule has 0 bridgehead atoms. The van der Waals surface area contributed by atoms with Crippen LogP contribution in [0.5, 0.6) is 5.75 Å². The van der Waals surface area contributed by atoms with E-state index in [1.54, 1.807) is 24.3 Å². The molecule has 100 valence electrons. The normalized spacial score (nSPS) is 12.3. The van der Waals surface area contributed by atoms with E-state index in [9.17, 15) is 8.78 Å². The lowest BCUT2D eigenvalue weighted by Crippen LogP contribution is -2.16. The standard InChI is InChI=1S/C14H12BrF2NO/c1-19-8-6-11(16)13(12(17)7-8)14(18)9-4-2-3-5-10(9)15/h2-7,14H,18H2,1H3. The van der Waals surface area contributed by atoms with Gasteiger partial charge >= 0.3 is 0 Å². The second-order valence-corrected chi connectivity index (χ2v) is 4.86. The number of nitrogens with two attached hydrogens (primary N) is 1. The van der Waals surface area contributed by atoms with Gasteiger partial charge in [-0.2, -0.15) is 0 Å². The summed E-state index contributed by atoms with van der Waals surface area (Å²) in [6.45, 7) is 0. The molecule has 1 atom stereocenters. The van der Waals surface area contributed by atoms with Crippen LogP contribution in [-0.2, 0) is 0 Å². The Morgan fingerprint density at radius 1 is 1.16 bits per heavy atom. The van der Waals surface area contributed by atoms with Gasteiger partial charge < -0.3 is 10.5 Å². The molecule has 5 heteroatoms. The van der Waals surface area contributed by atoms with Crippen molar-refractivity contribution in [2.24, 2.45) is 5.73 Å². The monoisotopic (exact) mass is 327 g/mol. The van der Waals surface area contributed by atoms with Crippen molar-refractivity contribution < 1.29 is 13.5 Å². The minimum absolute atomic E-state index is 0.123. The second-order valence-electron chi connectivity index (χ2n) is 4.00. The van der Waals surface area contributed by atoms with Crippen molar-refractivity contribution in [3.8, 4) is 5.75 Å². The van der Waals surface area contributed by atoms with Crippen LogP contribution in [-0.4, -0.2) is 7.11 Å². The summed E-state index contributed by atoms with van der Waals surface area (Å²) in [5.74, 6) is -1.32. The molecule has 2 nitrogen and oxygen atoms in total. The van der Waals surface area contributed by atoms with Crippen LogP contribution >= 0.6 is 15.9 Å². The van der Waals surface area contributed by atoms with Crippen molar-refractivity contribution in [2.75, 3.05) is 7.11 Å². The summed E-state index contributed by atoms with van der Waals surface area (Å²) in [5, 5.41) is 0. The van der Waals surface area contributed by atoms with Crippen LogP contribution in [0.15, 0.2) is 40.9 Å². The molecule has 0 amide bonds. The molecule has 19 heavy (non-hydrogen) atoms. The zero-order chi connectivity index (χ0) is 14.0. The molecule has 2 aromatic carbocycles.